The minimum absolute atomic E-state index is 0.335. The van der Waals surface area contributed by atoms with Crippen molar-refractivity contribution in [1.82, 2.24) is 0 Å². The maximum Gasteiger partial charge on any atom is 0.184 e. The molecule has 1 atom stereocenters. The van der Waals surface area contributed by atoms with Crippen LogP contribution < -0.4 is 0 Å². The number of benzene rings is 1. The van der Waals surface area contributed by atoms with E-state index in [1.807, 2.05) is 31.2 Å². The molecular formula is C15H18O3. The average molecular weight is 246 g/mol. The van der Waals surface area contributed by atoms with Crippen LogP contribution in [0.15, 0.2) is 35.9 Å². The van der Waals surface area contributed by atoms with E-state index in [0.29, 0.717) is 13.2 Å². The third kappa shape index (κ3) is 1.79. The third-order valence-corrected chi connectivity index (χ3v) is 3.89. The quantitative estimate of drug-likeness (QED) is 0.815. The molecule has 18 heavy (non-hydrogen) atoms. The lowest BCUT2D eigenvalue weighted by Gasteiger charge is -2.29. The van der Waals surface area contributed by atoms with Crippen molar-refractivity contribution in [2.24, 2.45) is 0 Å². The van der Waals surface area contributed by atoms with Gasteiger partial charge in [-0.1, -0.05) is 30.3 Å². The van der Waals surface area contributed by atoms with Crippen molar-refractivity contribution in [3.8, 4) is 0 Å². The van der Waals surface area contributed by atoms with Crippen molar-refractivity contribution >= 4 is 0 Å². The highest BCUT2D eigenvalue weighted by atomic mass is 16.7. The van der Waals surface area contributed by atoms with Crippen LogP contribution in [0.1, 0.15) is 37.2 Å². The van der Waals surface area contributed by atoms with E-state index < -0.39 is 5.60 Å². The first kappa shape index (κ1) is 11.9. The van der Waals surface area contributed by atoms with Gasteiger partial charge in [-0.3, -0.25) is 0 Å². The van der Waals surface area contributed by atoms with Crippen LogP contribution in [0.4, 0.5) is 0 Å². The fraction of sp³-hybridized carbons (Fsp3) is 0.467. The summed E-state index contributed by atoms with van der Waals surface area (Å²) in [4.78, 5) is 0. The van der Waals surface area contributed by atoms with Crippen molar-refractivity contribution in [1.29, 1.82) is 0 Å². The van der Waals surface area contributed by atoms with Crippen LogP contribution in [0.5, 0.6) is 0 Å². The molecular weight excluding hydrogens is 228 g/mol. The molecule has 0 radical (unpaired) electrons. The largest absolute Gasteiger partial charge is 0.381 e. The normalized spacial score (nSPS) is 28.7. The molecule has 3 heteroatoms. The first-order valence-electron chi connectivity index (χ1n) is 6.44. The second-order valence-electron chi connectivity index (χ2n) is 4.95. The summed E-state index contributed by atoms with van der Waals surface area (Å²) in [6, 6.07) is 7.87. The Morgan fingerprint density at radius 1 is 1.22 bits per heavy atom. The number of hydrogen-bond donors (Lipinski definition) is 1. The molecule has 1 saturated heterocycles. The highest BCUT2D eigenvalue weighted by Gasteiger charge is 2.37. The summed E-state index contributed by atoms with van der Waals surface area (Å²) < 4.78 is 11.1. The van der Waals surface area contributed by atoms with Crippen LogP contribution in [-0.4, -0.2) is 18.3 Å². The summed E-state index contributed by atoms with van der Waals surface area (Å²) in [7, 11) is 0. The van der Waals surface area contributed by atoms with Gasteiger partial charge in [0.05, 0.1) is 13.2 Å². The monoisotopic (exact) mass is 246 g/mol. The molecule has 96 valence electrons. The van der Waals surface area contributed by atoms with Crippen LogP contribution in [0, 0.1) is 0 Å². The standard InChI is InChI=1S/C15H18O3/c1-11-5-4-8-15(11,16)13-7-3-2-6-12(13)14-17-9-10-18-14/h2-3,5-7,14,16H,4,8-10H2,1H3. The SMILES string of the molecule is CC1=CCCC1(O)c1ccccc1C1OCCO1. The Morgan fingerprint density at radius 3 is 2.61 bits per heavy atom. The fourth-order valence-electron chi connectivity index (χ4n) is 2.83. The van der Waals surface area contributed by atoms with E-state index in [1.54, 1.807) is 0 Å². The van der Waals surface area contributed by atoms with E-state index >= 15 is 0 Å². The zero-order chi connectivity index (χ0) is 12.6. The minimum Gasteiger partial charge on any atom is -0.381 e. The van der Waals surface area contributed by atoms with Crippen LogP contribution in [0.2, 0.25) is 0 Å². The molecule has 1 aliphatic heterocycles. The zero-order valence-corrected chi connectivity index (χ0v) is 10.6. The highest BCUT2D eigenvalue weighted by molar-refractivity contribution is 5.41. The molecule has 1 unspecified atom stereocenters. The molecule has 2 aliphatic rings. The number of allylic oxidation sites excluding steroid dienone is 1. The smallest absolute Gasteiger partial charge is 0.184 e. The molecule has 0 amide bonds. The molecule has 1 fully saturated rings. The minimum atomic E-state index is -0.855. The van der Waals surface area contributed by atoms with Crippen LogP contribution in [-0.2, 0) is 15.1 Å². The average Bonchev–Trinajstić information content (AvgIpc) is 3.01. The summed E-state index contributed by atoms with van der Waals surface area (Å²) in [6.45, 7) is 3.22. The lowest BCUT2D eigenvalue weighted by Crippen LogP contribution is -2.26. The Kier molecular flexibility index (Phi) is 2.98. The predicted molar refractivity (Wildman–Crippen MR) is 68.0 cm³/mol. The molecule has 1 aliphatic carbocycles. The molecule has 3 rings (SSSR count). The molecule has 1 aromatic carbocycles. The molecule has 0 saturated carbocycles. The van der Waals surface area contributed by atoms with Gasteiger partial charge in [0.1, 0.15) is 5.60 Å². The third-order valence-electron chi connectivity index (χ3n) is 3.89. The number of ether oxygens (including phenoxy) is 2. The van der Waals surface area contributed by atoms with E-state index in [4.69, 9.17) is 9.47 Å². The summed E-state index contributed by atoms with van der Waals surface area (Å²) in [5, 5.41) is 10.9. The van der Waals surface area contributed by atoms with Gasteiger partial charge >= 0.3 is 0 Å². The van der Waals surface area contributed by atoms with Gasteiger partial charge in [-0.25, -0.2) is 0 Å². The molecule has 0 aromatic heterocycles. The summed E-state index contributed by atoms with van der Waals surface area (Å²) in [6.07, 6.45) is 3.43. The Morgan fingerprint density at radius 2 is 1.94 bits per heavy atom. The van der Waals surface area contributed by atoms with Crippen molar-refractivity contribution in [3.63, 3.8) is 0 Å². The van der Waals surface area contributed by atoms with Gasteiger partial charge in [-0.15, -0.1) is 0 Å². The van der Waals surface area contributed by atoms with Crippen molar-refractivity contribution in [2.75, 3.05) is 13.2 Å². The Balaban J connectivity index is 2.04. The van der Waals surface area contributed by atoms with Gasteiger partial charge in [-0.05, 0) is 30.9 Å². The van der Waals surface area contributed by atoms with E-state index in [0.717, 1.165) is 29.5 Å². The molecule has 1 aromatic rings. The summed E-state index contributed by atoms with van der Waals surface area (Å²) >= 11 is 0. The van der Waals surface area contributed by atoms with Gasteiger partial charge in [0, 0.05) is 5.56 Å². The molecule has 0 bridgehead atoms. The van der Waals surface area contributed by atoms with E-state index in [9.17, 15) is 5.11 Å². The molecule has 1 N–H and O–H groups in total. The number of aliphatic hydroxyl groups is 1. The van der Waals surface area contributed by atoms with Crippen LogP contribution in [0.3, 0.4) is 0 Å². The summed E-state index contributed by atoms with van der Waals surface area (Å²) in [5.41, 5.74) is 2.04. The lowest BCUT2D eigenvalue weighted by atomic mass is 9.85. The van der Waals surface area contributed by atoms with E-state index in [2.05, 4.69) is 6.08 Å². The van der Waals surface area contributed by atoms with Gasteiger partial charge in [0.15, 0.2) is 6.29 Å². The van der Waals surface area contributed by atoms with Crippen molar-refractivity contribution < 1.29 is 14.6 Å². The topological polar surface area (TPSA) is 38.7 Å². The first-order chi connectivity index (χ1) is 8.72. The molecule has 3 nitrogen and oxygen atoms in total. The maximum absolute atomic E-state index is 10.9. The van der Waals surface area contributed by atoms with E-state index in [1.165, 1.54) is 0 Å². The van der Waals surface area contributed by atoms with Gasteiger partial charge in [0.25, 0.3) is 0 Å². The fourth-order valence-corrected chi connectivity index (χ4v) is 2.83. The van der Waals surface area contributed by atoms with Crippen LogP contribution in [0.25, 0.3) is 0 Å². The van der Waals surface area contributed by atoms with Gasteiger partial charge < -0.3 is 14.6 Å². The molecule has 0 spiro atoms. The van der Waals surface area contributed by atoms with Crippen molar-refractivity contribution in [2.45, 2.75) is 31.7 Å². The van der Waals surface area contributed by atoms with E-state index in [-0.39, 0.29) is 6.29 Å². The first-order valence-corrected chi connectivity index (χ1v) is 6.44. The summed E-state index contributed by atoms with van der Waals surface area (Å²) in [5.74, 6) is 0. The van der Waals surface area contributed by atoms with Crippen LogP contribution >= 0.6 is 0 Å². The maximum atomic E-state index is 10.9. The predicted octanol–water partition coefficient (Wildman–Crippen LogP) is 2.66. The van der Waals surface area contributed by atoms with Gasteiger partial charge in [-0.2, -0.15) is 0 Å². The second-order valence-corrected chi connectivity index (χ2v) is 4.95. The second kappa shape index (κ2) is 4.50. The zero-order valence-electron chi connectivity index (χ0n) is 10.6. The Hall–Kier alpha value is -1.16. The molecule has 1 heterocycles. The highest BCUT2D eigenvalue weighted by Crippen LogP contribution is 2.43. The Labute approximate surface area is 107 Å². The number of hydrogen-bond acceptors (Lipinski definition) is 3. The lowest BCUT2D eigenvalue weighted by molar-refractivity contribution is -0.0479. The Bertz CT molecular complexity index is 474. The van der Waals surface area contributed by atoms with Crippen molar-refractivity contribution in [3.05, 3.63) is 47.0 Å². The number of rotatable bonds is 2. The van der Waals surface area contributed by atoms with Gasteiger partial charge in [0.2, 0.25) is 0 Å².